The van der Waals surface area contributed by atoms with Gasteiger partial charge in [0.25, 0.3) is 0 Å². The van der Waals surface area contributed by atoms with E-state index in [-0.39, 0.29) is 12.3 Å². The highest BCUT2D eigenvalue weighted by molar-refractivity contribution is 6.30. The summed E-state index contributed by atoms with van der Waals surface area (Å²) in [6.45, 7) is 3.63. The van der Waals surface area contributed by atoms with Gasteiger partial charge in [-0.15, -0.1) is 0 Å². The number of aliphatic carboxylic acids is 1. The number of carbonyl (C=O) groups is 1. The normalized spacial score (nSPS) is 17.2. The lowest BCUT2D eigenvalue weighted by atomic mass is 10.1. The topological polar surface area (TPSA) is 198 Å². The average Bonchev–Trinajstić information content (AvgIpc) is 3.62. The van der Waals surface area contributed by atoms with Crippen LogP contribution >= 0.6 is 11.6 Å². The van der Waals surface area contributed by atoms with Crippen molar-refractivity contribution in [1.82, 2.24) is 29.7 Å². The molecule has 3 aromatic rings. The Morgan fingerprint density at radius 3 is 2.58 bits per heavy atom. The predicted molar refractivity (Wildman–Crippen MR) is 154 cm³/mol. The molecule has 1 saturated heterocycles. The number of benzene rings is 1. The molecule has 2 aromatic heterocycles. The third-order valence-electron chi connectivity index (χ3n) is 6.43. The molecule has 3 atom stereocenters. The zero-order valence-corrected chi connectivity index (χ0v) is 23.7. The lowest BCUT2D eigenvalue weighted by Gasteiger charge is -2.26. The summed E-state index contributed by atoms with van der Waals surface area (Å²) in [5.41, 5.74) is 14.1. The molecule has 8 N–H and O–H groups in total. The minimum absolute atomic E-state index is 0.00162. The quantitative estimate of drug-likeness (QED) is 0.156. The van der Waals surface area contributed by atoms with Crippen LogP contribution in [0.2, 0.25) is 5.02 Å². The Bertz CT molecular complexity index is 1150. The number of imidazole rings is 1. The average molecular weight is 581 g/mol. The number of ether oxygens (including phenoxy) is 1. The SMILES string of the molecule is CO.CO.Nc1ncnc2c1ncn2[C@H]1CC[C@@H](CN(CCNCCc2ccc(Cl)cc2)CC[C@H](N)C(=O)O)O1. The number of nitrogens with one attached hydrogen (secondary N) is 1. The Morgan fingerprint density at radius 1 is 1.15 bits per heavy atom. The van der Waals surface area contributed by atoms with Crippen molar-refractivity contribution in [2.24, 2.45) is 5.73 Å². The Morgan fingerprint density at radius 2 is 1.88 bits per heavy atom. The number of rotatable bonds is 13. The van der Waals surface area contributed by atoms with Crippen LogP contribution in [-0.4, -0.2) is 105 Å². The van der Waals surface area contributed by atoms with E-state index in [1.807, 2.05) is 28.8 Å². The van der Waals surface area contributed by atoms with Crippen molar-refractivity contribution in [2.75, 3.05) is 52.7 Å². The number of aliphatic hydroxyl groups is 2. The number of aromatic nitrogens is 4. The zero-order chi connectivity index (χ0) is 29.5. The van der Waals surface area contributed by atoms with Crippen molar-refractivity contribution in [3.8, 4) is 0 Å². The molecule has 0 bridgehead atoms. The first kappa shape index (κ1) is 33.3. The fourth-order valence-electron chi connectivity index (χ4n) is 4.38. The Hall–Kier alpha value is -2.91. The van der Waals surface area contributed by atoms with E-state index in [1.54, 1.807) is 6.33 Å². The van der Waals surface area contributed by atoms with Gasteiger partial charge < -0.3 is 36.8 Å². The summed E-state index contributed by atoms with van der Waals surface area (Å²) >= 11 is 5.95. The van der Waals surface area contributed by atoms with Crippen molar-refractivity contribution < 1.29 is 24.9 Å². The summed E-state index contributed by atoms with van der Waals surface area (Å²) in [6, 6.07) is 6.97. The number of nitrogens with two attached hydrogens (primary N) is 2. The molecule has 4 rings (SSSR count). The molecule has 3 heterocycles. The number of nitrogen functional groups attached to an aromatic ring is 1. The molecule has 14 heteroatoms. The Kier molecular flexibility index (Phi) is 14.7. The first-order valence-corrected chi connectivity index (χ1v) is 13.4. The van der Waals surface area contributed by atoms with Gasteiger partial charge in [0.05, 0.1) is 12.4 Å². The van der Waals surface area contributed by atoms with Gasteiger partial charge in [-0.3, -0.25) is 14.3 Å². The lowest BCUT2D eigenvalue weighted by Crippen LogP contribution is -2.41. The van der Waals surface area contributed by atoms with Gasteiger partial charge >= 0.3 is 5.97 Å². The summed E-state index contributed by atoms with van der Waals surface area (Å²) in [5.74, 6) is -0.640. The summed E-state index contributed by atoms with van der Waals surface area (Å²) < 4.78 is 8.23. The molecule has 1 aromatic carbocycles. The van der Waals surface area contributed by atoms with Crippen molar-refractivity contribution >= 4 is 34.6 Å². The van der Waals surface area contributed by atoms with Gasteiger partial charge in [0.1, 0.15) is 24.1 Å². The van der Waals surface area contributed by atoms with E-state index in [2.05, 4.69) is 25.2 Å². The minimum atomic E-state index is -0.985. The third-order valence-corrected chi connectivity index (χ3v) is 6.68. The number of anilines is 1. The van der Waals surface area contributed by atoms with Crippen LogP contribution in [0.25, 0.3) is 11.2 Å². The molecule has 0 amide bonds. The van der Waals surface area contributed by atoms with Gasteiger partial charge in [-0.25, -0.2) is 15.0 Å². The first-order chi connectivity index (χ1) is 19.4. The first-order valence-electron chi connectivity index (χ1n) is 13.0. The van der Waals surface area contributed by atoms with E-state index in [0.717, 1.165) is 58.1 Å². The highest BCUT2D eigenvalue weighted by Crippen LogP contribution is 2.31. The molecule has 0 saturated carbocycles. The van der Waals surface area contributed by atoms with Crippen LogP contribution in [0.5, 0.6) is 0 Å². The zero-order valence-electron chi connectivity index (χ0n) is 23.0. The molecule has 13 nitrogen and oxygen atoms in total. The van der Waals surface area contributed by atoms with Crippen LogP contribution in [0.1, 0.15) is 31.1 Å². The number of carboxylic acid groups (broad SMARTS) is 1. The van der Waals surface area contributed by atoms with E-state index in [4.69, 9.17) is 38.0 Å². The van der Waals surface area contributed by atoms with Crippen molar-refractivity contribution in [1.29, 1.82) is 0 Å². The van der Waals surface area contributed by atoms with Gasteiger partial charge in [-0.2, -0.15) is 0 Å². The molecular formula is C26H41ClN8O5. The van der Waals surface area contributed by atoms with Crippen LogP contribution in [0.15, 0.2) is 36.9 Å². The van der Waals surface area contributed by atoms with E-state index >= 15 is 0 Å². The number of fused-ring (bicyclic) bond motifs is 1. The van der Waals surface area contributed by atoms with E-state index < -0.39 is 12.0 Å². The molecule has 1 aliphatic heterocycles. The maximum absolute atomic E-state index is 11.2. The Labute approximate surface area is 239 Å². The summed E-state index contributed by atoms with van der Waals surface area (Å²) in [5, 5.41) is 27.4. The Balaban J connectivity index is 0.00000134. The van der Waals surface area contributed by atoms with E-state index in [9.17, 15) is 9.90 Å². The predicted octanol–water partition coefficient (Wildman–Crippen LogP) is 0.893. The van der Waals surface area contributed by atoms with Crippen LogP contribution in [0, 0.1) is 0 Å². The second-order valence-corrected chi connectivity index (χ2v) is 9.47. The number of hydrogen-bond donors (Lipinski definition) is 6. The summed E-state index contributed by atoms with van der Waals surface area (Å²) in [7, 11) is 2.00. The van der Waals surface area contributed by atoms with Crippen molar-refractivity contribution in [3.05, 3.63) is 47.5 Å². The largest absolute Gasteiger partial charge is 0.480 e. The lowest BCUT2D eigenvalue weighted by molar-refractivity contribution is -0.138. The molecular weight excluding hydrogens is 540 g/mol. The highest BCUT2D eigenvalue weighted by Gasteiger charge is 2.29. The van der Waals surface area contributed by atoms with Crippen molar-refractivity contribution in [3.63, 3.8) is 0 Å². The van der Waals surface area contributed by atoms with Gasteiger partial charge in [0.2, 0.25) is 0 Å². The molecule has 1 aliphatic rings. The molecule has 222 valence electrons. The van der Waals surface area contributed by atoms with Crippen molar-refractivity contribution in [2.45, 2.75) is 44.1 Å². The molecule has 0 unspecified atom stereocenters. The minimum Gasteiger partial charge on any atom is -0.480 e. The van der Waals surface area contributed by atoms with Crippen LogP contribution in [0.4, 0.5) is 5.82 Å². The second kappa shape index (κ2) is 17.7. The fraction of sp³-hybridized carbons (Fsp3) is 0.538. The van der Waals surface area contributed by atoms with Gasteiger partial charge in [-0.1, -0.05) is 23.7 Å². The highest BCUT2D eigenvalue weighted by atomic mass is 35.5. The molecule has 0 spiro atoms. The smallest absolute Gasteiger partial charge is 0.320 e. The van der Waals surface area contributed by atoms with Gasteiger partial charge in [0, 0.05) is 45.4 Å². The maximum atomic E-state index is 11.2. The van der Waals surface area contributed by atoms with Gasteiger partial charge in [0.15, 0.2) is 11.5 Å². The number of nitrogens with zero attached hydrogens (tertiary/aromatic N) is 5. The van der Waals surface area contributed by atoms with Gasteiger partial charge in [-0.05, 0) is 49.9 Å². The summed E-state index contributed by atoms with van der Waals surface area (Å²) in [6.07, 6.45) is 5.90. The van der Waals surface area contributed by atoms with Crippen LogP contribution < -0.4 is 16.8 Å². The summed E-state index contributed by atoms with van der Waals surface area (Å²) in [4.78, 5) is 26.1. The fourth-order valence-corrected chi connectivity index (χ4v) is 4.51. The van der Waals surface area contributed by atoms with E-state index in [1.165, 1.54) is 11.9 Å². The third kappa shape index (κ3) is 9.93. The monoisotopic (exact) mass is 580 g/mol. The van der Waals surface area contributed by atoms with E-state index in [0.29, 0.717) is 36.5 Å². The van der Waals surface area contributed by atoms with Crippen LogP contribution in [0.3, 0.4) is 0 Å². The second-order valence-electron chi connectivity index (χ2n) is 9.03. The number of halogens is 1. The number of carboxylic acids is 1. The number of aliphatic hydroxyl groups excluding tert-OH is 2. The number of hydrogen-bond acceptors (Lipinski definition) is 11. The maximum Gasteiger partial charge on any atom is 0.320 e. The molecule has 0 radical (unpaired) electrons. The standard InChI is InChI=1S/C24H33ClN8O3.2CH4O/c25-17-3-1-16(2-4-17)7-9-28-10-12-32(11-8-19(26)24(34)35)13-18-5-6-20(36-18)33-15-31-21-22(27)29-14-30-23(21)33;2*1-2/h1-4,14-15,18-20,28H,5-13,26H2,(H,34,35)(H2,27,29,30);2*2H,1H3/t18-,19-,20+;;/m0../s1. The molecule has 40 heavy (non-hydrogen) atoms. The molecule has 0 aliphatic carbocycles. The van der Waals surface area contributed by atoms with Crippen LogP contribution in [-0.2, 0) is 16.0 Å². The molecule has 1 fully saturated rings.